The average Bonchev–Trinajstić information content (AvgIpc) is 2.67. The van der Waals surface area contributed by atoms with Gasteiger partial charge in [-0.05, 0) is 31.4 Å². The van der Waals surface area contributed by atoms with Gasteiger partial charge in [0.05, 0.1) is 7.11 Å². The van der Waals surface area contributed by atoms with Crippen LogP contribution >= 0.6 is 0 Å². The Hall–Kier alpha value is -2.56. The zero-order valence-electron chi connectivity index (χ0n) is 14.8. The van der Waals surface area contributed by atoms with Crippen molar-refractivity contribution in [3.05, 3.63) is 59.3 Å². The second kappa shape index (κ2) is 8.01. The van der Waals surface area contributed by atoms with Crippen LogP contribution in [0.3, 0.4) is 0 Å². The number of piperidine rings is 1. The first-order valence-corrected chi connectivity index (χ1v) is 8.64. The molecule has 0 bridgehead atoms. The van der Waals surface area contributed by atoms with E-state index in [1.165, 1.54) is 0 Å². The van der Waals surface area contributed by atoms with Crippen LogP contribution < -0.4 is 4.74 Å². The average molecular weight is 340 g/mol. The predicted octanol–water partition coefficient (Wildman–Crippen LogP) is 3.91. The Kier molecular flexibility index (Phi) is 5.53. The third-order valence-electron chi connectivity index (χ3n) is 4.64. The van der Waals surface area contributed by atoms with E-state index < -0.39 is 0 Å². The molecule has 0 atom stereocenters. The minimum atomic E-state index is -0.239. The fraction of sp³-hybridized carbons (Fsp3) is 0.400. The highest BCUT2D eigenvalue weighted by atomic mass is 16.6. The lowest BCUT2D eigenvalue weighted by Gasteiger charge is -2.31. The van der Waals surface area contributed by atoms with Gasteiger partial charge in [0.15, 0.2) is 0 Å². The lowest BCUT2D eigenvalue weighted by Crippen LogP contribution is -2.38. The van der Waals surface area contributed by atoms with Crippen molar-refractivity contribution in [2.75, 3.05) is 20.2 Å². The maximum absolute atomic E-state index is 12.2. The quantitative estimate of drug-likeness (QED) is 0.846. The van der Waals surface area contributed by atoms with E-state index in [2.05, 4.69) is 11.1 Å². The Balaban J connectivity index is 1.52. The summed E-state index contributed by atoms with van der Waals surface area (Å²) in [6.07, 6.45) is 1.54. The summed E-state index contributed by atoms with van der Waals surface area (Å²) in [5, 5.41) is 0. The van der Waals surface area contributed by atoms with Crippen molar-refractivity contribution in [3.8, 4) is 5.88 Å². The van der Waals surface area contributed by atoms with Crippen LogP contribution in [0.2, 0.25) is 0 Å². The molecule has 1 amide bonds. The third kappa shape index (κ3) is 4.29. The molecule has 0 spiro atoms. The molecule has 5 nitrogen and oxygen atoms in total. The maximum Gasteiger partial charge on any atom is 0.410 e. The molecule has 1 aliphatic rings. The van der Waals surface area contributed by atoms with Crippen molar-refractivity contribution in [2.45, 2.75) is 32.3 Å². The Bertz CT molecular complexity index is 710. The minimum Gasteiger partial charge on any atom is -0.481 e. The first-order chi connectivity index (χ1) is 12.2. The number of likely N-dealkylation sites (tertiary alicyclic amines) is 1. The first-order valence-electron chi connectivity index (χ1n) is 8.64. The number of aromatic nitrogens is 1. The molecule has 0 saturated carbocycles. The molecular formula is C20H24N2O3. The molecule has 25 heavy (non-hydrogen) atoms. The Morgan fingerprint density at radius 1 is 1.16 bits per heavy atom. The van der Waals surface area contributed by atoms with Crippen LogP contribution in [0.1, 0.15) is 35.6 Å². The van der Waals surface area contributed by atoms with Gasteiger partial charge in [0, 0.05) is 30.3 Å². The van der Waals surface area contributed by atoms with Crippen LogP contribution in [0.4, 0.5) is 4.79 Å². The van der Waals surface area contributed by atoms with Gasteiger partial charge >= 0.3 is 6.09 Å². The number of benzene rings is 1. The fourth-order valence-corrected chi connectivity index (χ4v) is 3.13. The number of amides is 1. The van der Waals surface area contributed by atoms with E-state index in [4.69, 9.17) is 9.47 Å². The molecular weight excluding hydrogens is 316 g/mol. The van der Waals surface area contributed by atoms with Gasteiger partial charge in [-0.1, -0.05) is 36.4 Å². The minimum absolute atomic E-state index is 0.239. The summed E-state index contributed by atoms with van der Waals surface area (Å²) in [6.45, 7) is 3.68. The Morgan fingerprint density at radius 2 is 1.88 bits per heavy atom. The summed E-state index contributed by atoms with van der Waals surface area (Å²) in [4.78, 5) is 18.6. The molecule has 1 aromatic heterocycles. The van der Waals surface area contributed by atoms with Gasteiger partial charge in [-0.3, -0.25) is 0 Å². The van der Waals surface area contributed by atoms with Crippen molar-refractivity contribution in [2.24, 2.45) is 0 Å². The topological polar surface area (TPSA) is 51.7 Å². The van der Waals surface area contributed by atoms with E-state index >= 15 is 0 Å². The van der Waals surface area contributed by atoms with Crippen LogP contribution in [0.5, 0.6) is 5.88 Å². The van der Waals surface area contributed by atoms with Crippen molar-refractivity contribution in [1.82, 2.24) is 9.88 Å². The second-order valence-electron chi connectivity index (χ2n) is 6.36. The Labute approximate surface area is 148 Å². The SMILES string of the molecule is COc1nc(C2CCN(C(=O)OCc3ccccc3)CC2)ccc1C. The molecule has 132 valence electrons. The zero-order valence-corrected chi connectivity index (χ0v) is 14.8. The lowest BCUT2D eigenvalue weighted by molar-refractivity contribution is 0.0868. The molecule has 3 rings (SSSR count). The summed E-state index contributed by atoms with van der Waals surface area (Å²) >= 11 is 0. The van der Waals surface area contributed by atoms with Crippen LogP contribution in [-0.2, 0) is 11.3 Å². The maximum atomic E-state index is 12.2. The second-order valence-corrected chi connectivity index (χ2v) is 6.36. The number of aryl methyl sites for hydroxylation is 1. The molecule has 0 aliphatic carbocycles. The molecule has 0 N–H and O–H groups in total. The van der Waals surface area contributed by atoms with Crippen molar-refractivity contribution >= 4 is 6.09 Å². The van der Waals surface area contributed by atoms with Gasteiger partial charge in [0.25, 0.3) is 0 Å². The predicted molar refractivity (Wildman–Crippen MR) is 95.7 cm³/mol. The number of rotatable bonds is 4. The van der Waals surface area contributed by atoms with Crippen molar-refractivity contribution in [1.29, 1.82) is 0 Å². The molecule has 0 unspecified atom stereocenters. The number of hydrogen-bond acceptors (Lipinski definition) is 4. The number of carbonyl (C=O) groups is 1. The highest BCUT2D eigenvalue weighted by Gasteiger charge is 2.26. The molecule has 1 aliphatic heterocycles. The summed E-state index contributed by atoms with van der Waals surface area (Å²) in [5.41, 5.74) is 3.08. The van der Waals surface area contributed by atoms with Gasteiger partial charge in [-0.15, -0.1) is 0 Å². The molecule has 5 heteroatoms. The summed E-state index contributed by atoms with van der Waals surface area (Å²) in [5.74, 6) is 1.04. The van der Waals surface area contributed by atoms with Crippen LogP contribution in [0.15, 0.2) is 42.5 Å². The normalized spacial score (nSPS) is 15.0. The standard InChI is InChI=1S/C20H24N2O3/c1-15-8-9-18(21-19(15)24-2)17-10-12-22(13-11-17)20(23)25-14-16-6-4-3-5-7-16/h3-9,17H,10-14H2,1-2H3. The van der Waals surface area contributed by atoms with Crippen LogP contribution in [0.25, 0.3) is 0 Å². The summed E-state index contributed by atoms with van der Waals surface area (Å²) in [7, 11) is 1.64. The number of methoxy groups -OCH3 is 1. The van der Waals surface area contributed by atoms with E-state index in [0.29, 0.717) is 31.5 Å². The van der Waals surface area contributed by atoms with E-state index in [1.54, 1.807) is 12.0 Å². The van der Waals surface area contributed by atoms with E-state index in [1.807, 2.05) is 43.3 Å². The largest absolute Gasteiger partial charge is 0.481 e. The number of hydrogen-bond donors (Lipinski definition) is 0. The van der Waals surface area contributed by atoms with Gasteiger partial charge in [0.2, 0.25) is 5.88 Å². The van der Waals surface area contributed by atoms with Crippen LogP contribution in [0, 0.1) is 6.92 Å². The smallest absolute Gasteiger partial charge is 0.410 e. The van der Waals surface area contributed by atoms with E-state index in [-0.39, 0.29) is 6.09 Å². The lowest BCUT2D eigenvalue weighted by atomic mass is 9.93. The third-order valence-corrected chi connectivity index (χ3v) is 4.64. The fourth-order valence-electron chi connectivity index (χ4n) is 3.13. The highest BCUT2D eigenvalue weighted by Crippen LogP contribution is 2.29. The van der Waals surface area contributed by atoms with E-state index in [0.717, 1.165) is 29.7 Å². The number of ether oxygens (including phenoxy) is 2. The highest BCUT2D eigenvalue weighted by molar-refractivity contribution is 5.67. The van der Waals surface area contributed by atoms with Crippen molar-refractivity contribution < 1.29 is 14.3 Å². The van der Waals surface area contributed by atoms with Gasteiger partial charge in [0.1, 0.15) is 6.61 Å². The molecule has 1 saturated heterocycles. The Morgan fingerprint density at radius 3 is 2.56 bits per heavy atom. The molecule has 0 radical (unpaired) electrons. The summed E-state index contributed by atoms with van der Waals surface area (Å²) < 4.78 is 10.7. The molecule has 1 aromatic carbocycles. The zero-order chi connectivity index (χ0) is 17.6. The summed E-state index contributed by atoms with van der Waals surface area (Å²) in [6, 6.07) is 13.8. The van der Waals surface area contributed by atoms with Gasteiger partial charge in [-0.25, -0.2) is 9.78 Å². The number of nitrogens with zero attached hydrogens (tertiary/aromatic N) is 2. The molecule has 1 fully saturated rings. The monoisotopic (exact) mass is 340 g/mol. The molecule has 2 aromatic rings. The van der Waals surface area contributed by atoms with Crippen molar-refractivity contribution in [3.63, 3.8) is 0 Å². The number of carbonyl (C=O) groups excluding carboxylic acids is 1. The van der Waals surface area contributed by atoms with Gasteiger partial charge in [-0.2, -0.15) is 0 Å². The van der Waals surface area contributed by atoms with Crippen LogP contribution in [-0.4, -0.2) is 36.2 Å². The number of pyridine rings is 1. The van der Waals surface area contributed by atoms with Gasteiger partial charge < -0.3 is 14.4 Å². The molecule has 2 heterocycles. The first kappa shape index (κ1) is 17.3. The van der Waals surface area contributed by atoms with E-state index in [9.17, 15) is 4.79 Å².